The Labute approximate surface area is 246 Å². The molecule has 3 amide bonds. The minimum absolute atomic E-state index is 0.147. The van der Waals surface area contributed by atoms with Crippen molar-refractivity contribution in [3.63, 3.8) is 0 Å². The van der Waals surface area contributed by atoms with Crippen LogP contribution in [-0.4, -0.2) is 44.0 Å². The summed E-state index contributed by atoms with van der Waals surface area (Å²) in [6.45, 7) is 1.88. The molecule has 42 heavy (non-hydrogen) atoms. The van der Waals surface area contributed by atoms with Crippen LogP contribution in [0.2, 0.25) is 5.02 Å². The molecule has 4 aromatic rings. The molecule has 1 N–H and O–H groups in total. The zero-order valence-electron chi connectivity index (χ0n) is 21.7. The molecule has 0 unspecified atom stereocenters. The molecule has 1 aliphatic rings. The van der Waals surface area contributed by atoms with Gasteiger partial charge in [0.1, 0.15) is 12.1 Å². The van der Waals surface area contributed by atoms with Crippen molar-refractivity contribution in [3.8, 4) is 11.4 Å². The number of nitrogens with zero attached hydrogens (tertiary/aromatic N) is 5. The summed E-state index contributed by atoms with van der Waals surface area (Å²) >= 11 is 7.45. The van der Waals surface area contributed by atoms with E-state index in [2.05, 4.69) is 25.1 Å². The number of aryl methyl sites for hydroxylation is 1. The van der Waals surface area contributed by atoms with Gasteiger partial charge in [-0.15, -0.1) is 18.3 Å². The van der Waals surface area contributed by atoms with E-state index >= 15 is 0 Å². The predicted octanol–water partition coefficient (Wildman–Crippen LogP) is 6.97. The van der Waals surface area contributed by atoms with Gasteiger partial charge in [0.15, 0.2) is 11.0 Å². The number of hydrogen-bond acceptors (Lipinski definition) is 6. The van der Waals surface area contributed by atoms with Gasteiger partial charge < -0.3 is 10.1 Å². The molecule has 0 saturated carbocycles. The first-order chi connectivity index (χ1) is 20.0. The summed E-state index contributed by atoms with van der Waals surface area (Å²) < 4.78 is 42.3. The first-order valence-corrected chi connectivity index (χ1v) is 13.6. The molecular weight excluding hydrogens is 593 g/mol. The lowest BCUT2D eigenvalue weighted by Gasteiger charge is -2.18. The van der Waals surface area contributed by atoms with Crippen molar-refractivity contribution in [1.82, 2.24) is 14.8 Å². The Bertz CT molecular complexity index is 1690. The SMILES string of the molecule is Cc1ccc(Cl)c(N2C(=O)CSC2=NC(=O)Nc2ccc(/C=C/c3ncn(-c4ccc(OC(F)(F)F)cc4)n3)cc2)c1. The van der Waals surface area contributed by atoms with Crippen molar-refractivity contribution in [2.45, 2.75) is 13.3 Å². The average Bonchev–Trinajstić information content (AvgIpc) is 3.56. The molecule has 0 aliphatic carbocycles. The summed E-state index contributed by atoms with van der Waals surface area (Å²) in [7, 11) is 0. The number of benzene rings is 3. The second-order valence-corrected chi connectivity index (χ2v) is 10.2. The fraction of sp³-hybridized carbons (Fsp3) is 0.107. The lowest BCUT2D eigenvalue weighted by molar-refractivity contribution is -0.274. The van der Waals surface area contributed by atoms with Crippen LogP contribution in [0.5, 0.6) is 5.75 Å². The second kappa shape index (κ2) is 12.1. The van der Waals surface area contributed by atoms with Crippen molar-refractivity contribution in [1.29, 1.82) is 0 Å². The maximum atomic E-state index is 12.6. The number of carbonyl (C=O) groups is 2. The summed E-state index contributed by atoms with van der Waals surface area (Å²) in [4.78, 5) is 34.7. The number of alkyl halides is 3. The normalized spacial score (nSPS) is 14.6. The van der Waals surface area contributed by atoms with E-state index < -0.39 is 12.4 Å². The zero-order valence-corrected chi connectivity index (χ0v) is 23.2. The second-order valence-electron chi connectivity index (χ2n) is 8.84. The van der Waals surface area contributed by atoms with Gasteiger partial charge in [-0.2, -0.15) is 4.99 Å². The molecule has 1 aliphatic heterocycles. The molecule has 1 fully saturated rings. The molecular formula is C28H20ClF3N6O3S. The molecule has 14 heteroatoms. The number of ether oxygens (including phenoxy) is 1. The van der Waals surface area contributed by atoms with Crippen molar-refractivity contribution < 1.29 is 27.5 Å². The molecule has 0 atom stereocenters. The number of amides is 3. The molecule has 2 heterocycles. The first kappa shape index (κ1) is 28.9. The number of urea groups is 1. The van der Waals surface area contributed by atoms with Gasteiger partial charge in [0.2, 0.25) is 5.91 Å². The molecule has 1 saturated heterocycles. The standard InChI is InChI=1S/C28H20ClF3N6O3S/c1-17-2-12-22(29)23(14-17)38-25(39)15-42-27(38)35-26(40)34-19-6-3-18(4-7-19)5-13-24-33-16-37(36-24)20-8-10-21(11-9-20)41-28(30,31)32/h2-14,16H,15H2,1H3,(H,34,40)/b13-5+,35-27?. The van der Waals surface area contributed by atoms with E-state index in [1.807, 2.05) is 13.0 Å². The molecule has 0 bridgehead atoms. The van der Waals surface area contributed by atoms with E-state index in [9.17, 15) is 22.8 Å². The predicted molar refractivity (Wildman–Crippen MR) is 156 cm³/mol. The van der Waals surface area contributed by atoms with Crippen LogP contribution in [0.4, 0.5) is 29.3 Å². The summed E-state index contributed by atoms with van der Waals surface area (Å²) in [5.41, 5.74) is 3.18. The summed E-state index contributed by atoms with van der Waals surface area (Å²) in [5, 5.41) is 7.60. The van der Waals surface area contributed by atoms with Gasteiger partial charge in [-0.3, -0.25) is 9.69 Å². The van der Waals surface area contributed by atoms with Gasteiger partial charge in [0.05, 0.1) is 22.2 Å². The van der Waals surface area contributed by atoms with E-state index in [0.717, 1.165) is 22.9 Å². The number of anilines is 2. The average molecular weight is 613 g/mol. The highest BCUT2D eigenvalue weighted by Gasteiger charge is 2.32. The lowest BCUT2D eigenvalue weighted by atomic mass is 10.2. The molecule has 9 nitrogen and oxygen atoms in total. The maximum absolute atomic E-state index is 12.6. The molecule has 0 radical (unpaired) electrons. The summed E-state index contributed by atoms with van der Waals surface area (Å²) in [6, 6.07) is 16.8. The highest BCUT2D eigenvalue weighted by molar-refractivity contribution is 8.15. The molecule has 1 aromatic heterocycles. The number of aliphatic imine (C=N–C) groups is 1. The largest absolute Gasteiger partial charge is 0.573 e. The van der Waals surface area contributed by atoms with Crippen molar-refractivity contribution in [3.05, 3.63) is 95.0 Å². The van der Waals surface area contributed by atoms with Crippen molar-refractivity contribution in [2.75, 3.05) is 16.0 Å². The van der Waals surface area contributed by atoms with Crippen LogP contribution in [0.25, 0.3) is 17.8 Å². The van der Waals surface area contributed by atoms with Gasteiger partial charge >= 0.3 is 12.4 Å². The van der Waals surface area contributed by atoms with Crippen LogP contribution >= 0.6 is 23.4 Å². The quantitative estimate of drug-likeness (QED) is 0.252. The van der Waals surface area contributed by atoms with E-state index in [4.69, 9.17) is 11.6 Å². The van der Waals surface area contributed by atoms with Gasteiger partial charge in [-0.05, 0) is 72.7 Å². The van der Waals surface area contributed by atoms with Crippen molar-refractivity contribution in [2.24, 2.45) is 4.99 Å². The third-order valence-electron chi connectivity index (χ3n) is 5.74. The monoisotopic (exact) mass is 612 g/mol. The van der Waals surface area contributed by atoms with Crippen molar-refractivity contribution >= 4 is 64.0 Å². The first-order valence-electron chi connectivity index (χ1n) is 12.2. The number of carbonyl (C=O) groups excluding carboxylic acids is 2. The Morgan fingerprint density at radius 3 is 2.55 bits per heavy atom. The van der Waals surface area contributed by atoms with Crippen LogP contribution < -0.4 is 15.0 Å². The fourth-order valence-corrected chi connectivity index (χ4v) is 4.90. The number of thioether (sulfide) groups is 1. The summed E-state index contributed by atoms with van der Waals surface area (Å²) in [5.74, 6) is -0.0304. The van der Waals surface area contributed by atoms with Gasteiger partial charge in [-0.25, -0.2) is 14.5 Å². The summed E-state index contributed by atoms with van der Waals surface area (Å²) in [6.07, 6.45) is 0.0937. The van der Waals surface area contributed by atoms with Gasteiger partial charge in [-0.1, -0.05) is 47.6 Å². The zero-order chi connectivity index (χ0) is 29.9. The number of aromatic nitrogens is 3. The van der Waals surface area contributed by atoms with E-state index in [1.54, 1.807) is 48.6 Å². The van der Waals surface area contributed by atoms with Crippen LogP contribution in [-0.2, 0) is 4.79 Å². The molecule has 3 aromatic carbocycles. The number of nitrogens with one attached hydrogen (secondary N) is 1. The number of hydrogen-bond donors (Lipinski definition) is 1. The molecule has 214 valence electrons. The Balaban J connectivity index is 1.20. The minimum Gasteiger partial charge on any atom is -0.406 e. The third-order valence-corrected chi connectivity index (χ3v) is 6.98. The van der Waals surface area contributed by atoms with Gasteiger partial charge in [0.25, 0.3) is 0 Å². The molecule has 0 spiro atoms. The Morgan fingerprint density at radius 2 is 1.83 bits per heavy atom. The maximum Gasteiger partial charge on any atom is 0.573 e. The Kier molecular flexibility index (Phi) is 8.31. The topological polar surface area (TPSA) is 102 Å². The Hall–Kier alpha value is -4.62. The number of halogens is 4. The number of rotatable bonds is 6. The van der Waals surface area contributed by atoms with Crippen LogP contribution in [0.15, 0.2) is 78.0 Å². The van der Waals surface area contributed by atoms with Crippen LogP contribution in [0.3, 0.4) is 0 Å². The van der Waals surface area contributed by atoms with E-state index in [1.165, 1.54) is 40.2 Å². The fourth-order valence-electron chi connectivity index (χ4n) is 3.84. The highest BCUT2D eigenvalue weighted by Crippen LogP contribution is 2.33. The number of amidine groups is 1. The Morgan fingerprint density at radius 1 is 1.10 bits per heavy atom. The van der Waals surface area contributed by atoms with Crippen LogP contribution in [0, 0.1) is 6.92 Å². The van der Waals surface area contributed by atoms with E-state index in [-0.39, 0.29) is 22.6 Å². The highest BCUT2D eigenvalue weighted by atomic mass is 35.5. The van der Waals surface area contributed by atoms with Gasteiger partial charge in [0, 0.05) is 5.69 Å². The lowest BCUT2D eigenvalue weighted by Crippen LogP contribution is -2.30. The third kappa shape index (κ3) is 7.17. The smallest absolute Gasteiger partial charge is 0.406 e. The van der Waals surface area contributed by atoms with E-state index in [0.29, 0.717) is 27.9 Å². The molecule has 5 rings (SSSR count). The van der Waals surface area contributed by atoms with Crippen LogP contribution in [0.1, 0.15) is 17.0 Å². The minimum atomic E-state index is -4.76.